The van der Waals surface area contributed by atoms with E-state index in [-0.39, 0.29) is 6.61 Å². The summed E-state index contributed by atoms with van der Waals surface area (Å²) in [5.74, 6) is 0.591. The van der Waals surface area contributed by atoms with E-state index in [1.165, 1.54) is 12.8 Å². The van der Waals surface area contributed by atoms with Crippen LogP contribution >= 0.6 is 0 Å². The first kappa shape index (κ1) is 12.3. The molecule has 1 unspecified atom stereocenters. The Morgan fingerprint density at radius 2 is 2.47 bits per heavy atom. The molecule has 0 aromatic carbocycles. The molecule has 4 heteroatoms. The molecule has 94 valence electrons. The van der Waals surface area contributed by atoms with Gasteiger partial charge in [0.05, 0.1) is 13.2 Å². The summed E-state index contributed by atoms with van der Waals surface area (Å²) in [5.41, 5.74) is 2.02. The molecule has 1 saturated heterocycles. The fourth-order valence-corrected chi connectivity index (χ4v) is 2.51. The molecule has 0 spiro atoms. The number of aromatic nitrogens is 1. The third-order valence-electron chi connectivity index (χ3n) is 3.31. The summed E-state index contributed by atoms with van der Waals surface area (Å²) in [4.78, 5) is 6.39. The molecule has 1 aliphatic rings. The van der Waals surface area contributed by atoms with Gasteiger partial charge in [0.15, 0.2) is 0 Å². The zero-order valence-corrected chi connectivity index (χ0v) is 10.3. The predicted molar refractivity (Wildman–Crippen MR) is 67.0 cm³/mol. The molecule has 1 aromatic rings. The molecule has 2 heterocycles. The molecule has 1 atom stereocenters. The van der Waals surface area contributed by atoms with Crippen LogP contribution in [-0.4, -0.2) is 36.9 Å². The molecule has 1 fully saturated rings. The number of anilines is 1. The number of hydrogen-bond donors (Lipinski definition) is 1. The Kier molecular flexibility index (Phi) is 4.34. The van der Waals surface area contributed by atoms with Crippen LogP contribution in [0.5, 0.6) is 0 Å². The van der Waals surface area contributed by atoms with Gasteiger partial charge >= 0.3 is 0 Å². The van der Waals surface area contributed by atoms with Crippen LogP contribution < -0.4 is 4.90 Å². The van der Waals surface area contributed by atoms with Crippen molar-refractivity contribution in [3.05, 3.63) is 24.0 Å². The molecule has 1 aromatic heterocycles. The summed E-state index contributed by atoms with van der Waals surface area (Å²) in [6.07, 6.45) is 5.94. The number of hydrogen-bond acceptors (Lipinski definition) is 4. The van der Waals surface area contributed by atoms with Gasteiger partial charge in [0.1, 0.15) is 0 Å². The van der Waals surface area contributed by atoms with Crippen molar-refractivity contribution in [2.75, 3.05) is 31.7 Å². The van der Waals surface area contributed by atoms with Crippen molar-refractivity contribution in [3.8, 4) is 0 Å². The number of piperidine rings is 1. The number of pyridine rings is 1. The number of aliphatic hydroxyl groups is 1. The smallest absolute Gasteiger partial charge is 0.0717 e. The molecule has 1 N–H and O–H groups in total. The van der Waals surface area contributed by atoms with Crippen molar-refractivity contribution in [1.29, 1.82) is 0 Å². The number of methoxy groups -OCH3 is 1. The molecule has 0 saturated carbocycles. The van der Waals surface area contributed by atoms with Crippen molar-refractivity contribution in [2.45, 2.75) is 19.4 Å². The van der Waals surface area contributed by atoms with E-state index in [4.69, 9.17) is 4.74 Å². The highest BCUT2D eigenvalue weighted by Gasteiger charge is 2.21. The predicted octanol–water partition coefficient (Wildman–Crippen LogP) is 1.44. The molecule has 0 amide bonds. The molecule has 4 nitrogen and oxygen atoms in total. The molecule has 0 aliphatic carbocycles. The maximum Gasteiger partial charge on any atom is 0.0717 e. The second-order valence-corrected chi connectivity index (χ2v) is 4.57. The lowest BCUT2D eigenvalue weighted by Crippen LogP contribution is -2.37. The number of rotatable bonds is 4. The fraction of sp³-hybridized carbons (Fsp3) is 0.615. The lowest BCUT2D eigenvalue weighted by atomic mass is 9.98. The van der Waals surface area contributed by atoms with Crippen molar-refractivity contribution >= 4 is 5.69 Å². The minimum atomic E-state index is 0.0502. The fourth-order valence-electron chi connectivity index (χ4n) is 2.51. The second kappa shape index (κ2) is 5.98. The molecule has 2 rings (SSSR count). The van der Waals surface area contributed by atoms with Gasteiger partial charge in [-0.3, -0.25) is 4.98 Å². The molecule has 17 heavy (non-hydrogen) atoms. The monoisotopic (exact) mass is 236 g/mol. The summed E-state index contributed by atoms with van der Waals surface area (Å²) in [5, 5.41) is 9.33. The van der Waals surface area contributed by atoms with Gasteiger partial charge in [0.25, 0.3) is 0 Å². The van der Waals surface area contributed by atoms with Crippen LogP contribution in [0, 0.1) is 5.92 Å². The number of nitrogens with zero attached hydrogens (tertiary/aromatic N) is 2. The Hall–Kier alpha value is -1.13. The summed E-state index contributed by atoms with van der Waals surface area (Å²) < 4.78 is 5.23. The normalized spacial score (nSPS) is 20.6. The third-order valence-corrected chi connectivity index (χ3v) is 3.31. The highest BCUT2D eigenvalue weighted by Crippen LogP contribution is 2.25. The Labute approximate surface area is 102 Å². The van der Waals surface area contributed by atoms with Crippen LogP contribution in [0.1, 0.15) is 18.4 Å². The van der Waals surface area contributed by atoms with E-state index in [2.05, 4.69) is 9.88 Å². The van der Waals surface area contributed by atoms with Crippen LogP contribution in [0.15, 0.2) is 18.5 Å². The minimum absolute atomic E-state index is 0.0502. The Morgan fingerprint density at radius 1 is 1.59 bits per heavy atom. The molecule has 0 radical (unpaired) electrons. The van der Waals surface area contributed by atoms with Crippen LogP contribution in [0.4, 0.5) is 5.69 Å². The summed E-state index contributed by atoms with van der Waals surface area (Å²) in [7, 11) is 1.75. The van der Waals surface area contributed by atoms with E-state index in [1.807, 2.05) is 6.07 Å². The van der Waals surface area contributed by atoms with Gasteiger partial charge in [-0.2, -0.15) is 0 Å². The van der Waals surface area contributed by atoms with Crippen LogP contribution in [0.25, 0.3) is 0 Å². The van der Waals surface area contributed by atoms with Gasteiger partial charge in [-0.05, 0) is 24.8 Å². The van der Waals surface area contributed by atoms with E-state index in [1.54, 1.807) is 19.5 Å². The van der Waals surface area contributed by atoms with Crippen molar-refractivity contribution in [3.63, 3.8) is 0 Å². The average Bonchev–Trinajstić information content (AvgIpc) is 2.39. The van der Waals surface area contributed by atoms with E-state index in [9.17, 15) is 5.11 Å². The summed E-state index contributed by atoms with van der Waals surface area (Å²) in [6, 6.07) is 1.99. The van der Waals surface area contributed by atoms with Gasteiger partial charge in [-0.15, -0.1) is 0 Å². The van der Waals surface area contributed by atoms with E-state index in [0.29, 0.717) is 5.92 Å². The van der Waals surface area contributed by atoms with Crippen LogP contribution in [0.3, 0.4) is 0 Å². The number of aliphatic hydroxyl groups excluding tert-OH is 1. The molecular weight excluding hydrogens is 216 g/mol. The highest BCUT2D eigenvalue weighted by atomic mass is 16.5. The van der Waals surface area contributed by atoms with Gasteiger partial charge in [-0.1, -0.05) is 0 Å². The first-order chi connectivity index (χ1) is 8.35. The lowest BCUT2D eigenvalue weighted by Gasteiger charge is -2.35. The second-order valence-electron chi connectivity index (χ2n) is 4.57. The average molecular weight is 236 g/mol. The summed E-state index contributed by atoms with van der Waals surface area (Å²) in [6.45, 7) is 2.92. The van der Waals surface area contributed by atoms with Crippen molar-refractivity contribution in [2.24, 2.45) is 5.92 Å². The van der Waals surface area contributed by atoms with Crippen molar-refractivity contribution < 1.29 is 9.84 Å². The highest BCUT2D eigenvalue weighted by molar-refractivity contribution is 5.52. The summed E-state index contributed by atoms with van der Waals surface area (Å²) >= 11 is 0. The SMILES string of the molecule is COCC1CCCN(c2ccncc2CO)C1. The standard InChI is InChI=1S/C13H20N2O2/c1-17-10-11-3-2-6-15(8-11)13-4-5-14-7-12(13)9-16/h4-5,7,11,16H,2-3,6,8-10H2,1H3. The van der Waals surface area contributed by atoms with Gasteiger partial charge in [-0.25, -0.2) is 0 Å². The largest absolute Gasteiger partial charge is 0.392 e. The molecular formula is C13H20N2O2. The van der Waals surface area contributed by atoms with E-state index in [0.717, 1.165) is 30.9 Å². The third kappa shape index (κ3) is 2.96. The Morgan fingerprint density at radius 3 is 3.24 bits per heavy atom. The maximum absolute atomic E-state index is 9.33. The molecule has 0 bridgehead atoms. The first-order valence-electron chi connectivity index (χ1n) is 6.12. The first-order valence-corrected chi connectivity index (χ1v) is 6.12. The van der Waals surface area contributed by atoms with Crippen LogP contribution in [0.2, 0.25) is 0 Å². The van der Waals surface area contributed by atoms with Gasteiger partial charge in [0, 0.05) is 43.8 Å². The Bertz CT molecular complexity index is 355. The zero-order chi connectivity index (χ0) is 12.1. The van der Waals surface area contributed by atoms with Crippen molar-refractivity contribution in [1.82, 2.24) is 4.98 Å². The van der Waals surface area contributed by atoms with Gasteiger partial charge in [0.2, 0.25) is 0 Å². The molecule has 1 aliphatic heterocycles. The van der Waals surface area contributed by atoms with E-state index < -0.39 is 0 Å². The zero-order valence-electron chi connectivity index (χ0n) is 10.3. The quantitative estimate of drug-likeness (QED) is 0.859. The van der Waals surface area contributed by atoms with Gasteiger partial charge < -0.3 is 14.7 Å². The lowest BCUT2D eigenvalue weighted by molar-refractivity contribution is 0.143. The Balaban J connectivity index is 2.10. The maximum atomic E-state index is 9.33. The topological polar surface area (TPSA) is 45.6 Å². The van der Waals surface area contributed by atoms with E-state index >= 15 is 0 Å². The minimum Gasteiger partial charge on any atom is -0.392 e. The number of ether oxygens (including phenoxy) is 1. The van der Waals surface area contributed by atoms with Crippen LogP contribution in [-0.2, 0) is 11.3 Å².